The molecular formula is C12H21N3O. The van der Waals surface area contributed by atoms with Crippen LogP contribution >= 0.6 is 0 Å². The zero-order valence-corrected chi connectivity index (χ0v) is 10.0. The maximum Gasteiger partial charge on any atom is 0.228 e. The van der Waals surface area contributed by atoms with E-state index >= 15 is 0 Å². The highest BCUT2D eigenvalue weighted by molar-refractivity contribution is 4.97. The van der Waals surface area contributed by atoms with Crippen LogP contribution in [0.4, 0.5) is 0 Å². The molecule has 0 aromatic carbocycles. The standard InChI is InChI=1S/C12H21N3O/c1-2-6-10-14-11(16-15-10)9-12(13)7-4-3-5-8-12/h2-9,13H2,1H3. The molecule has 1 aromatic rings. The first-order valence-electron chi connectivity index (χ1n) is 6.32. The maximum atomic E-state index is 6.35. The molecule has 1 aliphatic rings. The van der Waals surface area contributed by atoms with Gasteiger partial charge >= 0.3 is 0 Å². The predicted molar refractivity (Wildman–Crippen MR) is 62.0 cm³/mol. The number of aryl methyl sites for hydroxylation is 1. The SMILES string of the molecule is CCCc1noc(CC2(N)CCCCC2)n1. The van der Waals surface area contributed by atoms with Crippen LogP contribution in [-0.2, 0) is 12.8 Å². The molecular weight excluding hydrogens is 202 g/mol. The largest absolute Gasteiger partial charge is 0.339 e. The van der Waals surface area contributed by atoms with Crippen LogP contribution in [0.15, 0.2) is 4.52 Å². The molecule has 0 saturated heterocycles. The summed E-state index contributed by atoms with van der Waals surface area (Å²) in [6.07, 6.45) is 8.61. The molecule has 0 spiro atoms. The minimum atomic E-state index is -0.103. The first kappa shape index (κ1) is 11.6. The minimum absolute atomic E-state index is 0.103. The van der Waals surface area contributed by atoms with Crippen LogP contribution in [0.5, 0.6) is 0 Å². The lowest BCUT2D eigenvalue weighted by Crippen LogP contribution is -2.43. The van der Waals surface area contributed by atoms with E-state index in [1.54, 1.807) is 0 Å². The summed E-state index contributed by atoms with van der Waals surface area (Å²) in [6, 6.07) is 0. The second kappa shape index (κ2) is 4.95. The van der Waals surface area contributed by atoms with Gasteiger partial charge in [0.1, 0.15) is 0 Å². The van der Waals surface area contributed by atoms with Crippen LogP contribution in [0.25, 0.3) is 0 Å². The lowest BCUT2D eigenvalue weighted by molar-refractivity contribution is 0.260. The Hall–Kier alpha value is -0.900. The fourth-order valence-electron chi connectivity index (χ4n) is 2.42. The van der Waals surface area contributed by atoms with E-state index < -0.39 is 0 Å². The highest BCUT2D eigenvalue weighted by Gasteiger charge is 2.29. The number of hydrogen-bond donors (Lipinski definition) is 1. The molecule has 1 aliphatic carbocycles. The van der Waals surface area contributed by atoms with Gasteiger partial charge in [-0.3, -0.25) is 0 Å². The smallest absolute Gasteiger partial charge is 0.228 e. The van der Waals surface area contributed by atoms with Gasteiger partial charge in [0, 0.05) is 18.4 Å². The summed E-state index contributed by atoms with van der Waals surface area (Å²) < 4.78 is 5.24. The van der Waals surface area contributed by atoms with Crippen LogP contribution in [0.3, 0.4) is 0 Å². The van der Waals surface area contributed by atoms with Crippen molar-refractivity contribution in [2.45, 2.75) is 63.8 Å². The van der Waals surface area contributed by atoms with E-state index in [1.807, 2.05) is 0 Å². The maximum absolute atomic E-state index is 6.35. The topological polar surface area (TPSA) is 64.9 Å². The molecule has 16 heavy (non-hydrogen) atoms. The van der Waals surface area contributed by atoms with E-state index in [4.69, 9.17) is 10.3 Å². The van der Waals surface area contributed by atoms with Gasteiger partial charge in [-0.05, 0) is 19.3 Å². The molecule has 0 amide bonds. The zero-order valence-electron chi connectivity index (χ0n) is 10.0. The van der Waals surface area contributed by atoms with Gasteiger partial charge in [0.05, 0.1) is 0 Å². The first-order chi connectivity index (χ1) is 7.72. The van der Waals surface area contributed by atoms with Crippen molar-refractivity contribution in [3.05, 3.63) is 11.7 Å². The van der Waals surface area contributed by atoms with Crippen molar-refractivity contribution in [2.75, 3.05) is 0 Å². The molecule has 0 bridgehead atoms. The van der Waals surface area contributed by atoms with Gasteiger partial charge in [-0.15, -0.1) is 0 Å². The van der Waals surface area contributed by atoms with E-state index in [2.05, 4.69) is 17.1 Å². The molecule has 1 fully saturated rings. The Balaban J connectivity index is 1.96. The lowest BCUT2D eigenvalue weighted by Gasteiger charge is -2.31. The van der Waals surface area contributed by atoms with Crippen molar-refractivity contribution in [3.8, 4) is 0 Å². The fraction of sp³-hybridized carbons (Fsp3) is 0.833. The van der Waals surface area contributed by atoms with Gasteiger partial charge in [0.25, 0.3) is 0 Å². The molecule has 0 radical (unpaired) electrons. The van der Waals surface area contributed by atoms with Crippen molar-refractivity contribution in [2.24, 2.45) is 5.73 Å². The fourth-order valence-corrected chi connectivity index (χ4v) is 2.42. The Bertz CT molecular complexity index is 329. The number of rotatable bonds is 4. The highest BCUT2D eigenvalue weighted by atomic mass is 16.5. The summed E-state index contributed by atoms with van der Waals surface area (Å²) in [5.41, 5.74) is 6.24. The predicted octanol–water partition coefficient (Wildman–Crippen LogP) is 2.23. The van der Waals surface area contributed by atoms with Crippen molar-refractivity contribution in [1.29, 1.82) is 0 Å². The summed E-state index contributed by atoms with van der Waals surface area (Å²) in [5, 5.41) is 3.96. The van der Waals surface area contributed by atoms with Gasteiger partial charge in [-0.25, -0.2) is 0 Å². The van der Waals surface area contributed by atoms with Crippen LogP contribution in [0, 0.1) is 0 Å². The molecule has 1 aromatic heterocycles. The van der Waals surface area contributed by atoms with E-state index in [1.165, 1.54) is 19.3 Å². The Kier molecular flexibility index (Phi) is 3.59. The van der Waals surface area contributed by atoms with Crippen LogP contribution in [0.2, 0.25) is 0 Å². The molecule has 2 N–H and O–H groups in total. The Morgan fingerprint density at radius 1 is 1.31 bits per heavy atom. The van der Waals surface area contributed by atoms with Crippen molar-refractivity contribution in [1.82, 2.24) is 10.1 Å². The summed E-state index contributed by atoms with van der Waals surface area (Å²) in [4.78, 5) is 4.38. The van der Waals surface area contributed by atoms with Crippen molar-refractivity contribution in [3.63, 3.8) is 0 Å². The normalized spacial score (nSPS) is 19.9. The van der Waals surface area contributed by atoms with Crippen molar-refractivity contribution < 1.29 is 4.52 Å². The Morgan fingerprint density at radius 3 is 2.75 bits per heavy atom. The second-order valence-electron chi connectivity index (χ2n) is 4.95. The Labute approximate surface area is 96.6 Å². The van der Waals surface area contributed by atoms with Gasteiger partial charge in [-0.2, -0.15) is 4.98 Å². The molecule has 1 heterocycles. The molecule has 0 atom stereocenters. The average Bonchev–Trinajstić information content (AvgIpc) is 2.66. The van der Waals surface area contributed by atoms with E-state index in [0.29, 0.717) is 5.89 Å². The average molecular weight is 223 g/mol. The summed E-state index contributed by atoms with van der Waals surface area (Å²) in [7, 11) is 0. The number of hydrogen-bond acceptors (Lipinski definition) is 4. The van der Waals surface area contributed by atoms with Crippen LogP contribution in [0.1, 0.15) is 57.2 Å². The second-order valence-corrected chi connectivity index (χ2v) is 4.95. The van der Waals surface area contributed by atoms with Gasteiger partial charge in [-0.1, -0.05) is 31.3 Å². The van der Waals surface area contributed by atoms with Gasteiger partial charge in [0.15, 0.2) is 5.82 Å². The number of nitrogens with zero attached hydrogens (tertiary/aromatic N) is 2. The highest BCUT2D eigenvalue weighted by Crippen LogP contribution is 2.28. The number of aromatic nitrogens is 2. The van der Waals surface area contributed by atoms with Gasteiger partial charge < -0.3 is 10.3 Å². The molecule has 90 valence electrons. The monoisotopic (exact) mass is 223 g/mol. The molecule has 0 unspecified atom stereocenters. The molecule has 0 aliphatic heterocycles. The van der Waals surface area contributed by atoms with E-state index in [-0.39, 0.29) is 5.54 Å². The summed E-state index contributed by atoms with van der Waals surface area (Å²) >= 11 is 0. The van der Waals surface area contributed by atoms with Crippen LogP contribution in [-0.4, -0.2) is 15.7 Å². The quantitative estimate of drug-likeness (QED) is 0.850. The number of nitrogens with two attached hydrogens (primary N) is 1. The summed E-state index contributed by atoms with van der Waals surface area (Å²) in [6.45, 7) is 2.11. The van der Waals surface area contributed by atoms with Crippen LogP contribution < -0.4 is 5.73 Å². The van der Waals surface area contributed by atoms with E-state index in [0.717, 1.165) is 37.9 Å². The lowest BCUT2D eigenvalue weighted by atomic mass is 9.80. The van der Waals surface area contributed by atoms with Gasteiger partial charge in [0.2, 0.25) is 5.89 Å². The third-order valence-electron chi connectivity index (χ3n) is 3.34. The molecule has 4 heteroatoms. The van der Waals surface area contributed by atoms with Crippen molar-refractivity contribution >= 4 is 0 Å². The molecule has 4 nitrogen and oxygen atoms in total. The van der Waals surface area contributed by atoms with E-state index in [9.17, 15) is 0 Å². The summed E-state index contributed by atoms with van der Waals surface area (Å²) in [5.74, 6) is 1.53. The zero-order chi connectivity index (χ0) is 11.4. The third kappa shape index (κ3) is 2.82. The Morgan fingerprint density at radius 2 is 2.06 bits per heavy atom. The minimum Gasteiger partial charge on any atom is -0.339 e. The molecule has 1 saturated carbocycles. The first-order valence-corrected chi connectivity index (χ1v) is 6.32. The third-order valence-corrected chi connectivity index (χ3v) is 3.34. The molecule has 2 rings (SSSR count).